The summed E-state index contributed by atoms with van der Waals surface area (Å²) in [5.74, 6) is -0.0653. The van der Waals surface area contributed by atoms with Crippen LogP contribution >= 0.6 is 31.9 Å². The van der Waals surface area contributed by atoms with Crippen molar-refractivity contribution in [2.45, 2.75) is 38.8 Å². The lowest BCUT2D eigenvalue weighted by Crippen LogP contribution is -2.52. The lowest BCUT2D eigenvalue weighted by molar-refractivity contribution is -0.128. The number of rotatable bonds is 7. The topological polar surface area (TPSA) is 38.3 Å². The number of nitrogens with one attached hydrogen (secondary N) is 1. The van der Waals surface area contributed by atoms with Gasteiger partial charge in [-0.1, -0.05) is 38.8 Å². The number of hydrogen-bond donors (Lipinski definition) is 1. The van der Waals surface area contributed by atoms with Crippen molar-refractivity contribution in [2.24, 2.45) is 0 Å². The first-order valence-electron chi connectivity index (χ1n) is 5.04. The van der Waals surface area contributed by atoms with Crippen molar-refractivity contribution in [1.82, 2.24) is 5.32 Å². The molecular formula is C10H19Br2NO2. The van der Waals surface area contributed by atoms with Crippen LogP contribution in [0, 0.1) is 0 Å². The minimum absolute atomic E-state index is 0.0653. The average molecular weight is 345 g/mol. The smallest absolute Gasteiger partial charge is 0.246 e. The van der Waals surface area contributed by atoms with Gasteiger partial charge in [-0.15, -0.1) is 0 Å². The molecular weight excluding hydrogens is 326 g/mol. The van der Waals surface area contributed by atoms with Crippen LogP contribution in [0.3, 0.4) is 0 Å². The van der Waals surface area contributed by atoms with E-state index in [1.807, 2.05) is 20.8 Å². The summed E-state index contributed by atoms with van der Waals surface area (Å²) in [6, 6.07) is 0. The monoisotopic (exact) mass is 343 g/mol. The van der Waals surface area contributed by atoms with Gasteiger partial charge in [0.25, 0.3) is 0 Å². The molecule has 0 rings (SSSR count). The molecule has 0 aromatic rings. The van der Waals surface area contributed by atoms with E-state index in [4.69, 9.17) is 4.74 Å². The zero-order chi connectivity index (χ0) is 11.9. The third-order valence-corrected chi connectivity index (χ3v) is 4.29. The fourth-order valence-electron chi connectivity index (χ4n) is 0.954. The Labute approximate surface area is 109 Å². The number of carbonyl (C=O) groups is 1. The van der Waals surface area contributed by atoms with E-state index in [0.717, 1.165) is 17.1 Å². The highest BCUT2D eigenvalue weighted by atomic mass is 79.9. The van der Waals surface area contributed by atoms with Crippen LogP contribution < -0.4 is 5.32 Å². The molecule has 1 amide bonds. The summed E-state index contributed by atoms with van der Waals surface area (Å²) < 4.78 is 5.24. The normalized spacial score (nSPS) is 11.9. The van der Waals surface area contributed by atoms with Gasteiger partial charge in [-0.2, -0.15) is 0 Å². The van der Waals surface area contributed by atoms with Crippen molar-refractivity contribution in [3.63, 3.8) is 0 Å². The Bertz CT molecular complexity index is 186. The van der Waals surface area contributed by atoms with Gasteiger partial charge < -0.3 is 10.1 Å². The Kier molecular flexibility index (Phi) is 7.83. The molecule has 0 aliphatic rings. The fraction of sp³-hybridized carbons (Fsp3) is 0.900. The highest BCUT2D eigenvalue weighted by Crippen LogP contribution is 2.16. The maximum Gasteiger partial charge on any atom is 0.246 e. The van der Waals surface area contributed by atoms with Gasteiger partial charge in [0, 0.05) is 10.7 Å². The molecule has 0 saturated carbocycles. The number of ether oxygens (including phenoxy) is 1. The summed E-state index contributed by atoms with van der Waals surface area (Å²) in [7, 11) is 0. The highest BCUT2D eigenvalue weighted by Gasteiger charge is 2.27. The van der Waals surface area contributed by atoms with Crippen LogP contribution in [0.1, 0.15) is 27.2 Å². The first-order chi connectivity index (χ1) is 6.99. The zero-order valence-corrected chi connectivity index (χ0v) is 12.7. The number of alkyl halides is 2. The molecule has 0 aliphatic heterocycles. The Morgan fingerprint density at radius 3 is 2.27 bits per heavy atom. The molecule has 0 radical (unpaired) electrons. The number of carbonyl (C=O) groups excluding carboxylic acids is 1. The van der Waals surface area contributed by atoms with Gasteiger partial charge in [0.2, 0.25) is 5.91 Å². The molecule has 0 saturated heterocycles. The van der Waals surface area contributed by atoms with Crippen LogP contribution in [0.5, 0.6) is 0 Å². The predicted octanol–water partition coefficient (Wildman–Crippen LogP) is 2.47. The third-order valence-electron chi connectivity index (χ3n) is 2.14. The zero-order valence-electron chi connectivity index (χ0n) is 9.48. The molecule has 90 valence electrons. The van der Waals surface area contributed by atoms with E-state index in [0.29, 0.717) is 0 Å². The molecule has 0 unspecified atom stereocenters. The molecule has 0 spiro atoms. The van der Waals surface area contributed by atoms with Gasteiger partial charge in [0.05, 0.1) is 11.6 Å². The molecule has 0 heterocycles. The molecule has 0 fully saturated rings. The minimum atomic E-state index is -0.211. The van der Waals surface area contributed by atoms with Crippen molar-refractivity contribution in [3.05, 3.63) is 0 Å². The third kappa shape index (κ3) is 5.88. The van der Waals surface area contributed by atoms with Gasteiger partial charge in [-0.3, -0.25) is 4.79 Å². The lowest BCUT2D eigenvalue weighted by atomic mass is 10.0. The van der Waals surface area contributed by atoms with E-state index in [2.05, 4.69) is 37.2 Å². The second kappa shape index (κ2) is 7.63. The molecule has 0 aromatic heterocycles. The molecule has 15 heavy (non-hydrogen) atoms. The fourth-order valence-corrected chi connectivity index (χ4v) is 2.96. The molecule has 0 aliphatic carbocycles. The van der Waals surface area contributed by atoms with Gasteiger partial charge in [-0.25, -0.2) is 0 Å². The van der Waals surface area contributed by atoms with Gasteiger partial charge >= 0.3 is 0 Å². The van der Waals surface area contributed by atoms with Crippen molar-refractivity contribution < 1.29 is 9.53 Å². The van der Waals surface area contributed by atoms with E-state index in [1.54, 1.807) is 0 Å². The van der Waals surface area contributed by atoms with Crippen molar-refractivity contribution in [3.8, 4) is 0 Å². The summed E-state index contributed by atoms with van der Waals surface area (Å²) in [5, 5.41) is 4.44. The summed E-state index contributed by atoms with van der Waals surface area (Å²) in [6.45, 7) is 6.00. The Morgan fingerprint density at radius 2 is 1.93 bits per heavy atom. The van der Waals surface area contributed by atoms with E-state index in [-0.39, 0.29) is 24.2 Å². The van der Waals surface area contributed by atoms with Crippen LogP contribution in [0.15, 0.2) is 0 Å². The van der Waals surface area contributed by atoms with Crippen LogP contribution in [0.2, 0.25) is 0 Å². The van der Waals surface area contributed by atoms with E-state index >= 15 is 0 Å². The number of hydrogen-bond acceptors (Lipinski definition) is 2. The number of halogens is 2. The molecule has 1 N–H and O–H groups in total. The Hall–Kier alpha value is 0.390. The molecule has 0 atom stereocenters. The summed E-state index contributed by atoms with van der Waals surface area (Å²) in [6.07, 6.45) is 0.955. The van der Waals surface area contributed by atoms with Crippen LogP contribution in [-0.4, -0.2) is 34.8 Å². The number of amides is 1. The molecule has 0 aromatic carbocycles. The lowest BCUT2D eigenvalue weighted by Gasteiger charge is -2.30. The highest BCUT2D eigenvalue weighted by molar-refractivity contribution is 9.09. The average Bonchev–Trinajstić information content (AvgIpc) is 2.23. The SMILES string of the molecule is CCC(CBr)(CBr)NC(=O)COC(C)C. The molecule has 5 heteroatoms. The van der Waals surface area contributed by atoms with E-state index in [9.17, 15) is 4.79 Å². The standard InChI is InChI=1S/C10H19Br2NO2/c1-4-10(6-11,7-12)13-9(14)5-15-8(2)3/h8H,4-7H2,1-3H3,(H,13,14). The quantitative estimate of drug-likeness (QED) is 0.720. The van der Waals surface area contributed by atoms with E-state index in [1.165, 1.54) is 0 Å². The maximum atomic E-state index is 11.6. The van der Waals surface area contributed by atoms with Crippen molar-refractivity contribution in [1.29, 1.82) is 0 Å². The summed E-state index contributed by atoms with van der Waals surface area (Å²) >= 11 is 6.83. The Balaban J connectivity index is 4.11. The molecule has 0 bridgehead atoms. The van der Waals surface area contributed by atoms with Crippen LogP contribution in [0.4, 0.5) is 0 Å². The maximum absolute atomic E-state index is 11.6. The van der Waals surface area contributed by atoms with Gasteiger partial charge in [0.1, 0.15) is 6.61 Å². The van der Waals surface area contributed by atoms with Crippen LogP contribution in [-0.2, 0) is 9.53 Å². The second-order valence-electron chi connectivity index (χ2n) is 3.81. The second-order valence-corrected chi connectivity index (χ2v) is 4.93. The van der Waals surface area contributed by atoms with Crippen molar-refractivity contribution >= 4 is 37.8 Å². The van der Waals surface area contributed by atoms with E-state index < -0.39 is 0 Å². The summed E-state index contributed by atoms with van der Waals surface area (Å²) in [5.41, 5.74) is -0.211. The molecule has 3 nitrogen and oxygen atoms in total. The largest absolute Gasteiger partial charge is 0.369 e. The van der Waals surface area contributed by atoms with Gasteiger partial charge in [0.15, 0.2) is 0 Å². The first kappa shape index (κ1) is 15.4. The predicted molar refractivity (Wildman–Crippen MR) is 69.8 cm³/mol. The van der Waals surface area contributed by atoms with Crippen molar-refractivity contribution in [2.75, 3.05) is 17.3 Å². The summed E-state index contributed by atoms with van der Waals surface area (Å²) in [4.78, 5) is 11.6. The Morgan fingerprint density at radius 1 is 1.40 bits per heavy atom. The minimum Gasteiger partial charge on any atom is -0.369 e. The van der Waals surface area contributed by atoms with Crippen LogP contribution in [0.25, 0.3) is 0 Å². The van der Waals surface area contributed by atoms with Gasteiger partial charge in [-0.05, 0) is 20.3 Å². The first-order valence-corrected chi connectivity index (χ1v) is 7.28.